The largest absolute Gasteiger partial charge is 0.480 e. The highest BCUT2D eigenvalue weighted by Crippen LogP contribution is 2.26. The second-order valence-corrected chi connectivity index (χ2v) is 10.5. The molecule has 2 aromatic carbocycles. The zero-order chi connectivity index (χ0) is 27.8. The Morgan fingerprint density at radius 1 is 0.872 bits per heavy atom. The number of hydrogen-bond donors (Lipinski definition) is 3. The van der Waals surface area contributed by atoms with Crippen molar-refractivity contribution in [3.8, 4) is 0 Å². The van der Waals surface area contributed by atoms with Gasteiger partial charge in [0.2, 0.25) is 17.7 Å². The molecule has 39 heavy (non-hydrogen) atoms. The van der Waals surface area contributed by atoms with Gasteiger partial charge < -0.3 is 26.0 Å². The molecule has 1 unspecified atom stereocenters. The number of rotatable bonds is 11. The average molecular weight is 535 g/mol. The summed E-state index contributed by atoms with van der Waals surface area (Å²) in [6.45, 7) is 0.772. The van der Waals surface area contributed by atoms with Gasteiger partial charge in [0.15, 0.2) is 0 Å². The molecule has 208 valence electrons. The lowest BCUT2D eigenvalue weighted by atomic mass is 10.0. The normalized spacial score (nSPS) is 20.4. The SMILES string of the molecule is N[C@H](CC(=O)NC(CCc1ccccc1)C(=O)N1CCC[C@H]1C(=O)N1CCC[C@H]1C(=O)O)Cc1ccccc1. The van der Waals surface area contributed by atoms with Crippen molar-refractivity contribution in [3.63, 3.8) is 0 Å². The number of nitrogens with two attached hydrogens (primary N) is 1. The summed E-state index contributed by atoms with van der Waals surface area (Å²) in [5.41, 5.74) is 8.34. The maximum Gasteiger partial charge on any atom is 0.326 e. The predicted octanol–water partition coefficient (Wildman–Crippen LogP) is 2.13. The summed E-state index contributed by atoms with van der Waals surface area (Å²) in [7, 11) is 0. The molecule has 2 fully saturated rings. The molecule has 9 nitrogen and oxygen atoms in total. The minimum Gasteiger partial charge on any atom is -0.480 e. The van der Waals surface area contributed by atoms with E-state index in [0.717, 1.165) is 11.1 Å². The van der Waals surface area contributed by atoms with Crippen LogP contribution in [0.25, 0.3) is 0 Å². The topological polar surface area (TPSA) is 133 Å². The molecule has 0 bridgehead atoms. The van der Waals surface area contributed by atoms with Gasteiger partial charge in [-0.3, -0.25) is 14.4 Å². The number of carbonyl (C=O) groups is 4. The lowest BCUT2D eigenvalue weighted by Crippen LogP contribution is -2.55. The number of hydrogen-bond acceptors (Lipinski definition) is 5. The van der Waals surface area contributed by atoms with Gasteiger partial charge in [-0.25, -0.2) is 4.79 Å². The van der Waals surface area contributed by atoms with E-state index >= 15 is 0 Å². The Balaban J connectivity index is 1.44. The third-order valence-corrected chi connectivity index (χ3v) is 7.63. The quantitative estimate of drug-likeness (QED) is 0.405. The number of aryl methyl sites for hydroxylation is 1. The Bertz CT molecular complexity index is 1140. The van der Waals surface area contributed by atoms with Crippen molar-refractivity contribution < 1.29 is 24.3 Å². The fourth-order valence-corrected chi connectivity index (χ4v) is 5.66. The highest BCUT2D eigenvalue weighted by molar-refractivity contribution is 5.94. The first-order chi connectivity index (χ1) is 18.8. The van der Waals surface area contributed by atoms with Gasteiger partial charge in [-0.05, 0) is 56.1 Å². The molecule has 2 aliphatic rings. The van der Waals surface area contributed by atoms with E-state index in [4.69, 9.17) is 5.73 Å². The van der Waals surface area contributed by atoms with E-state index in [9.17, 15) is 24.3 Å². The molecule has 4 N–H and O–H groups in total. The standard InChI is InChI=1S/C30H38N4O5/c31-23(19-22-11-5-2-6-12-22)20-27(35)32-24(16-15-21-9-3-1-4-10-21)28(36)33-17-7-13-25(33)29(37)34-18-8-14-26(34)30(38)39/h1-6,9-12,23-26H,7-8,13-20,31H2,(H,32,35)(H,38,39)/t23-,24?,25-,26-/m0/s1. The summed E-state index contributed by atoms with van der Waals surface area (Å²) in [4.78, 5) is 54.8. The number of benzene rings is 2. The summed E-state index contributed by atoms with van der Waals surface area (Å²) in [5, 5.41) is 12.5. The lowest BCUT2D eigenvalue weighted by Gasteiger charge is -2.32. The third kappa shape index (κ3) is 7.44. The first kappa shape index (κ1) is 28.3. The van der Waals surface area contributed by atoms with Gasteiger partial charge in [-0.15, -0.1) is 0 Å². The van der Waals surface area contributed by atoms with Crippen molar-refractivity contribution in [2.45, 2.75) is 75.5 Å². The van der Waals surface area contributed by atoms with E-state index in [1.54, 1.807) is 4.90 Å². The zero-order valence-corrected chi connectivity index (χ0v) is 22.2. The molecule has 2 saturated heterocycles. The van der Waals surface area contributed by atoms with Crippen LogP contribution in [0.4, 0.5) is 0 Å². The van der Waals surface area contributed by atoms with E-state index in [2.05, 4.69) is 5.32 Å². The first-order valence-corrected chi connectivity index (χ1v) is 13.8. The summed E-state index contributed by atoms with van der Waals surface area (Å²) >= 11 is 0. The molecule has 0 radical (unpaired) electrons. The van der Waals surface area contributed by atoms with E-state index in [0.29, 0.717) is 58.0 Å². The van der Waals surface area contributed by atoms with Crippen molar-refractivity contribution >= 4 is 23.7 Å². The maximum absolute atomic E-state index is 13.8. The van der Waals surface area contributed by atoms with Gasteiger partial charge in [0.05, 0.1) is 0 Å². The minimum absolute atomic E-state index is 0.0699. The van der Waals surface area contributed by atoms with Crippen LogP contribution in [0.2, 0.25) is 0 Å². The van der Waals surface area contributed by atoms with E-state index < -0.39 is 30.1 Å². The summed E-state index contributed by atoms with van der Waals surface area (Å²) in [6, 6.07) is 16.6. The van der Waals surface area contributed by atoms with Crippen molar-refractivity contribution in [3.05, 3.63) is 71.8 Å². The van der Waals surface area contributed by atoms with Crippen LogP contribution in [0.5, 0.6) is 0 Å². The van der Waals surface area contributed by atoms with Gasteiger partial charge in [0, 0.05) is 25.6 Å². The molecule has 0 aromatic heterocycles. The smallest absolute Gasteiger partial charge is 0.326 e. The fraction of sp³-hybridized carbons (Fsp3) is 0.467. The monoisotopic (exact) mass is 534 g/mol. The minimum atomic E-state index is -1.02. The number of likely N-dealkylation sites (tertiary alicyclic amines) is 2. The molecule has 3 amide bonds. The van der Waals surface area contributed by atoms with Crippen molar-refractivity contribution in [1.29, 1.82) is 0 Å². The Kier molecular flexibility index (Phi) is 9.70. The van der Waals surface area contributed by atoms with E-state index in [1.807, 2.05) is 60.7 Å². The molecule has 0 spiro atoms. The number of carboxylic acid groups (broad SMARTS) is 1. The molecule has 0 aliphatic carbocycles. The van der Waals surface area contributed by atoms with Crippen LogP contribution in [-0.2, 0) is 32.0 Å². The molecule has 4 rings (SSSR count). The van der Waals surface area contributed by atoms with Crippen LogP contribution in [0, 0.1) is 0 Å². The van der Waals surface area contributed by atoms with Crippen LogP contribution >= 0.6 is 0 Å². The summed E-state index contributed by atoms with van der Waals surface area (Å²) in [6.07, 6.45) is 3.74. The molecule has 0 saturated carbocycles. The summed E-state index contributed by atoms with van der Waals surface area (Å²) in [5.74, 6) is -1.95. The van der Waals surface area contributed by atoms with Crippen LogP contribution < -0.4 is 11.1 Å². The fourth-order valence-electron chi connectivity index (χ4n) is 5.66. The first-order valence-electron chi connectivity index (χ1n) is 13.8. The van der Waals surface area contributed by atoms with Crippen molar-refractivity contribution in [1.82, 2.24) is 15.1 Å². The molecule has 2 aromatic rings. The number of nitrogens with zero attached hydrogens (tertiary/aromatic N) is 2. The maximum atomic E-state index is 13.8. The van der Waals surface area contributed by atoms with Crippen LogP contribution in [0.1, 0.15) is 49.7 Å². The third-order valence-electron chi connectivity index (χ3n) is 7.63. The number of nitrogens with one attached hydrogen (secondary N) is 1. The molecule has 4 atom stereocenters. The number of carboxylic acids is 1. The number of aliphatic carboxylic acids is 1. The molecule has 2 aliphatic heterocycles. The van der Waals surface area contributed by atoms with Gasteiger partial charge in [0.25, 0.3) is 0 Å². The molecule has 9 heteroatoms. The average Bonchev–Trinajstić information content (AvgIpc) is 3.62. The number of carbonyl (C=O) groups excluding carboxylic acids is 3. The Labute approximate surface area is 229 Å². The Morgan fingerprint density at radius 2 is 1.46 bits per heavy atom. The number of amides is 3. The second kappa shape index (κ2) is 13.4. The highest BCUT2D eigenvalue weighted by Gasteiger charge is 2.43. The van der Waals surface area contributed by atoms with Crippen LogP contribution in [0.15, 0.2) is 60.7 Å². The molecular weight excluding hydrogens is 496 g/mol. The van der Waals surface area contributed by atoms with E-state index in [-0.39, 0.29) is 24.1 Å². The predicted molar refractivity (Wildman–Crippen MR) is 147 cm³/mol. The Hall–Kier alpha value is -3.72. The van der Waals surface area contributed by atoms with Crippen molar-refractivity contribution in [2.75, 3.05) is 13.1 Å². The lowest BCUT2D eigenvalue weighted by molar-refractivity contribution is -0.152. The highest BCUT2D eigenvalue weighted by atomic mass is 16.4. The molecule has 2 heterocycles. The van der Waals surface area contributed by atoms with Crippen LogP contribution in [0.3, 0.4) is 0 Å². The van der Waals surface area contributed by atoms with Gasteiger partial charge >= 0.3 is 5.97 Å². The zero-order valence-electron chi connectivity index (χ0n) is 22.2. The molecular formula is C30H38N4O5. The summed E-state index contributed by atoms with van der Waals surface area (Å²) < 4.78 is 0. The van der Waals surface area contributed by atoms with E-state index in [1.165, 1.54) is 4.90 Å². The van der Waals surface area contributed by atoms with Crippen LogP contribution in [-0.4, -0.2) is 75.9 Å². The van der Waals surface area contributed by atoms with Gasteiger partial charge in [-0.2, -0.15) is 0 Å². The Morgan fingerprint density at radius 3 is 2.10 bits per heavy atom. The van der Waals surface area contributed by atoms with Crippen molar-refractivity contribution in [2.24, 2.45) is 5.73 Å². The van der Waals surface area contributed by atoms with Gasteiger partial charge in [-0.1, -0.05) is 60.7 Å². The van der Waals surface area contributed by atoms with Gasteiger partial charge in [0.1, 0.15) is 18.1 Å². The second-order valence-electron chi connectivity index (χ2n) is 10.5.